The molecule has 6 heteroatoms. The number of thioether (sulfide) groups is 1. The van der Waals surface area contributed by atoms with Crippen LogP contribution in [0.5, 0.6) is 0 Å². The van der Waals surface area contributed by atoms with Crippen molar-refractivity contribution < 1.29 is 9.59 Å². The van der Waals surface area contributed by atoms with E-state index in [0.29, 0.717) is 0 Å². The van der Waals surface area contributed by atoms with Gasteiger partial charge in [-0.15, -0.1) is 11.8 Å². The van der Waals surface area contributed by atoms with Crippen LogP contribution in [0, 0.1) is 0 Å². The summed E-state index contributed by atoms with van der Waals surface area (Å²) < 4.78 is 0. The van der Waals surface area contributed by atoms with E-state index in [9.17, 15) is 9.59 Å². The average Bonchev–Trinajstić information content (AvgIpc) is 2.75. The van der Waals surface area contributed by atoms with Gasteiger partial charge in [0.1, 0.15) is 0 Å². The topological polar surface area (TPSA) is 75.4 Å². The van der Waals surface area contributed by atoms with Crippen molar-refractivity contribution in [2.24, 2.45) is 5.73 Å². The molecule has 2 saturated heterocycles. The van der Waals surface area contributed by atoms with Gasteiger partial charge in [0.25, 0.3) is 0 Å². The van der Waals surface area contributed by atoms with Gasteiger partial charge in [0, 0.05) is 38.2 Å². The normalized spacial score (nSPS) is 22.9. The molecule has 0 bridgehead atoms. The van der Waals surface area contributed by atoms with E-state index in [1.807, 2.05) is 16.7 Å². The molecule has 2 aliphatic rings. The number of primary amides is 1. The highest BCUT2D eigenvalue weighted by molar-refractivity contribution is 8.00. The van der Waals surface area contributed by atoms with Crippen molar-refractivity contribution >= 4 is 23.6 Å². The van der Waals surface area contributed by atoms with E-state index in [1.54, 1.807) is 0 Å². The summed E-state index contributed by atoms with van der Waals surface area (Å²) in [6.45, 7) is 2.65. The zero-order valence-electron chi connectivity index (χ0n) is 9.91. The first kappa shape index (κ1) is 12.7. The van der Waals surface area contributed by atoms with E-state index in [2.05, 4.69) is 5.32 Å². The number of hydrogen-bond donors (Lipinski definition) is 2. The lowest BCUT2D eigenvalue weighted by Gasteiger charge is -2.38. The Balaban J connectivity index is 1.78. The first-order chi connectivity index (χ1) is 8.11. The molecule has 96 valence electrons. The maximum atomic E-state index is 11.8. The van der Waals surface area contributed by atoms with Crippen molar-refractivity contribution in [1.82, 2.24) is 10.2 Å². The second-order valence-corrected chi connectivity index (χ2v) is 6.10. The average molecular weight is 257 g/mol. The lowest BCUT2D eigenvalue weighted by molar-refractivity contribution is -0.134. The van der Waals surface area contributed by atoms with E-state index >= 15 is 0 Å². The van der Waals surface area contributed by atoms with E-state index < -0.39 is 5.91 Å². The van der Waals surface area contributed by atoms with Crippen molar-refractivity contribution in [3.63, 3.8) is 0 Å². The number of nitrogens with two attached hydrogens (primary N) is 1. The van der Waals surface area contributed by atoms with Crippen molar-refractivity contribution in [2.45, 2.75) is 30.6 Å². The van der Waals surface area contributed by atoms with Crippen LogP contribution in [0.25, 0.3) is 0 Å². The van der Waals surface area contributed by atoms with Crippen LogP contribution in [0.4, 0.5) is 0 Å². The highest BCUT2D eigenvalue weighted by Gasteiger charge is 2.38. The Hall–Kier alpha value is -0.750. The van der Waals surface area contributed by atoms with Gasteiger partial charge in [-0.3, -0.25) is 9.59 Å². The highest BCUT2D eigenvalue weighted by Crippen LogP contribution is 2.36. The molecule has 0 aromatic carbocycles. The minimum Gasteiger partial charge on any atom is -0.370 e. The number of rotatable bonds is 3. The number of carbonyl (C=O) groups is 2. The number of nitrogens with one attached hydrogen (secondary N) is 1. The SMILES string of the molecule is NC(=O)CCC(=O)N1CCC2(CC1)NCCS2. The zero-order valence-corrected chi connectivity index (χ0v) is 10.7. The molecule has 2 rings (SSSR count). The molecule has 17 heavy (non-hydrogen) atoms. The highest BCUT2D eigenvalue weighted by atomic mass is 32.2. The zero-order chi connectivity index (χ0) is 12.3. The summed E-state index contributed by atoms with van der Waals surface area (Å²) >= 11 is 1.97. The Morgan fingerprint density at radius 3 is 2.53 bits per heavy atom. The second kappa shape index (κ2) is 5.27. The summed E-state index contributed by atoms with van der Waals surface area (Å²) in [5.74, 6) is 0.816. The van der Waals surface area contributed by atoms with Crippen LogP contribution in [0.3, 0.4) is 0 Å². The van der Waals surface area contributed by atoms with Crippen molar-refractivity contribution in [2.75, 3.05) is 25.4 Å². The Morgan fingerprint density at radius 2 is 2.00 bits per heavy atom. The molecule has 0 unspecified atom stereocenters. The molecular formula is C11H19N3O2S. The van der Waals surface area contributed by atoms with Gasteiger partial charge in [0.2, 0.25) is 11.8 Å². The lowest BCUT2D eigenvalue weighted by Crippen LogP contribution is -2.50. The smallest absolute Gasteiger partial charge is 0.223 e. The Bertz CT molecular complexity index is 306. The third-order valence-electron chi connectivity index (χ3n) is 3.44. The molecule has 0 radical (unpaired) electrons. The molecule has 0 aromatic heterocycles. The maximum absolute atomic E-state index is 11.8. The van der Waals surface area contributed by atoms with Crippen LogP contribution < -0.4 is 11.1 Å². The third-order valence-corrected chi connectivity index (χ3v) is 4.95. The molecule has 2 aliphatic heterocycles. The van der Waals surface area contributed by atoms with Crippen LogP contribution in [-0.2, 0) is 9.59 Å². The van der Waals surface area contributed by atoms with Gasteiger partial charge in [-0.2, -0.15) is 0 Å². The Labute approximate surface area is 105 Å². The summed E-state index contributed by atoms with van der Waals surface area (Å²) in [6, 6.07) is 0. The van der Waals surface area contributed by atoms with Gasteiger partial charge < -0.3 is 16.0 Å². The molecule has 0 aliphatic carbocycles. The fourth-order valence-electron chi connectivity index (χ4n) is 2.40. The van der Waals surface area contributed by atoms with E-state index in [-0.39, 0.29) is 23.6 Å². The molecule has 0 aromatic rings. The maximum Gasteiger partial charge on any atom is 0.223 e. The van der Waals surface area contributed by atoms with E-state index in [1.165, 1.54) is 0 Å². The lowest BCUT2D eigenvalue weighted by atomic mass is 10.0. The molecule has 2 amide bonds. The van der Waals surface area contributed by atoms with Gasteiger partial charge in [0.15, 0.2) is 0 Å². The molecule has 0 saturated carbocycles. The van der Waals surface area contributed by atoms with Gasteiger partial charge in [-0.1, -0.05) is 0 Å². The van der Waals surface area contributed by atoms with Gasteiger partial charge in [-0.25, -0.2) is 0 Å². The molecule has 1 spiro atoms. The summed E-state index contributed by atoms with van der Waals surface area (Å²) in [5.41, 5.74) is 5.04. The second-order valence-electron chi connectivity index (χ2n) is 4.62. The minimum atomic E-state index is -0.403. The minimum absolute atomic E-state index is 0.0571. The standard InChI is InChI=1S/C11H19N3O2S/c12-9(15)1-2-10(16)14-6-3-11(4-7-14)13-5-8-17-11/h13H,1-8H2,(H2,12,15). The summed E-state index contributed by atoms with van der Waals surface area (Å²) in [5, 5.41) is 3.53. The van der Waals surface area contributed by atoms with E-state index in [0.717, 1.165) is 38.2 Å². The van der Waals surface area contributed by atoms with Crippen LogP contribution in [-0.4, -0.2) is 47.0 Å². The quantitative estimate of drug-likeness (QED) is 0.741. The number of likely N-dealkylation sites (tertiary alicyclic amines) is 1. The van der Waals surface area contributed by atoms with Gasteiger partial charge in [0.05, 0.1) is 4.87 Å². The third kappa shape index (κ3) is 3.13. The van der Waals surface area contributed by atoms with Crippen LogP contribution in [0.2, 0.25) is 0 Å². The van der Waals surface area contributed by atoms with E-state index in [4.69, 9.17) is 5.73 Å². The number of hydrogen-bond acceptors (Lipinski definition) is 4. The number of amides is 2. The fourth-order valence-corrected chi connectivity index (χ4v) is 3.67. The monoisotopic (exact) mass is 257 g/mol. The fraction of sp³-hybridized carbons (Fsp3) is 0.818. The van der Waals surface area contributed by atoms with Gasteiger partial charge >= 0.3 is 0 Å². The predicted octanol–water partition coefficient (Wildman–Crippen LogP) is -0.0930. The van der Waals surface area contributed by atoms with Crippen LogP contribution in [0.15, 0.2) is 0 Å². The Morgan fingerprint density at radius 1 is 1.29 bits per heavy atom. The molecule has 0 atom stereocenters. The van der Waals surface area contributed by atoms with Crippen LogP contribution >= 0.6 is 11.8 Å². The number of carbonyl (C=O) groups excluding carboxylic acids is 2. The molecule has 5 nitrogen and oxygen atoms in total. The van der Waals surface area contributed by atoms with Crippen molar-refractivity contribution in [1.29, 1.82) is 0 Å². The predicted molar refractivity (Wildman–Crippen MR) is 67.4 cm³/mol. The summed E-state index contributed by atoms with van der Waals surface area (Å²) in [4.78, 5) is 24.5. The molecule has 3 N–H and O–H groups in total. The number of piperidine rings is 1. The Kier molecular flexibility index (Phi) is 3.93. The molecule has 2 heterocycles. The molecular weight excluding hydrogens is 238 g/mol. The van der Waals surface area contributed by atoms with Gasteiger partial charge in [-0.05, 0) is 12.8 Å². The molecule has 2 fully saturated rings. The first-order valence-electron chi connectivity index (χ1n) is 6.06. The van der Waals surface area contributed by atoms with Crippen molar-refractivity contribution in [3.05, 3.63) is 0 Å². The first-order valence-corrected chi connectivity index (χ1v) is 7.05. The van der Waals surface area contributed by atoms with Crippen LogP contribution in [0.1, 0.15) is 25.7 Å². The largest absolute Gasteiger partial charge is 0.370 e. The summed E-state index contributed by atoms with van der Waals surface area (Å²) in [7, 11) is 0. The summed E-state index contributed by atoms with van der Waals surface area (Å²) in [6.07, 6.45) is 2.41. The number of nitrogens with zero attached hydrogens (tertiary/aromatic N) is 1. The van der Waals surface area contributed by atoms with Crippen molar-refractivity contribution in [3.8, 4) is 0 Å².